The molecular formula is C15H16BrF2NOS. The van der Waals surface area contributed by atoms with Crippen LogP contribution in [0.2, 0.25) is 0 Å². The molecule has 2 rings (SSSR count). The molecule has 114 valence electrons. The van der Waals surface area contributed by atoms with Crippen LogP contribution < -0.4 is 10.1 Å². The van der Waals surface area contributed by atoms with Crippen molar-refractivity contribution in [3.05, 3.63) is 50.1 Å². The number of halogens is 3. The summed E-state index contributed by atoms with van der Waals surface area (Å²) in [6, 6.07) is 8.91. The van der Waals surface area contributed by atoms with Gasteiger partial charge in [-0.15, -0.1) is 11.3 Å². The summed E-state index contributed by atoms with van der Waals surface area (Å²) < 4.78 is 29.8. The van der Waals surface area contributed by atoms with Crippen LogP contribution >= 0.6 is 27.3 Å². The first-order valence-electron chi connectivity index (χ1n) is 6.55. The fraction of sp³-hybridized carbons (Fsp3) is 0.333. The van der Waals surface area contributed by atoms with Crippen LogP contribution in [0, 0.1) is 6.92 Å². The maximum Gasteiger partial charge on any atom is 0.387 e. The minimum atomic E-state index is -2.80. The average molecular weight is 376 g/mol. The van der Waals surface area contributed by atoms with Crippen molar-refractivity contribution >= 4 is 27.3 Å². The first kappa shape index (κ1) is 16.4. The van der Waals surface area contributed by atoms with E-state index in [-0.39, 0.29) is 11.8 Å². The average Bonchev–Trinajstić information content (AvgIpc) is 2.75. The summed E-state index contributed by atoms with van der Waals surface area (Å²) in [6.45, 7) is 2.13. The Kier molecular flexibility index (Phi) is 5.72. The molecule has 1 unspecified atom stereocenters. The Balaban J connectivity index is 2.28. The van der Waals surface area contributed by atoms with Gasteiger partial charge in [0, 0.05) is 4.88 Å². The molecule has 1 atom stereocenters. The van der Waals surface area contributed by atoms with Gasteiger partial charge in [-0.2, -0.15) is 8.78 Å². The molecule has 2 nitrogen and oxygen atoms in total. The van der Waals surface area contributed by atoms with Gasteiger partial charge in [0.15, 0.2) is 0 Å². The maximum absolute atomic E-state index is 12.2. The highest BCUT2D eigenvalue weighted by molar-refractivity contribution is 9.11. The molecule has 0 saturated carbocycles. The molecule has 0 bridgehead atoms. The van der Waals surface area contributed by atoms with E-state index in [1.165, 1.54) is 10.4 Å². The molecule has 2 aromatic rings. The summed E-state index contributed by atoms with van der Waals surface area (Å²) in [5.74, 6) is 0.173. The molecule has 0 radical (unpaired) electrons. The van der Waals surface area contributed by atoms with Crippen LogP contribution in [-0.2, 0) is 0 Å². The summed E-state index contributed by atoms with van der Waals surface area (Å²) >= 11 is 5.18. The van der Waals surface area contributed by atoms with E-state index in [0.29, 0.717) is 0 Å². The van der Waals surface area contributed by atoms with E-state index < -0.39 is 6.61 Å². The number of hydrogen-bond donors (Lipinski definition) is 1. The number of benzene rings is 1. The molecular weight excluding hydrogens is 360 g/mol. The van der Waals surface area contributed by atoms with Gasteiger partial charge in [-0.25, -0.2) is 0 Å². The summed E-state index contributed by atoms with van der Waals surface area (Å²) in [5, 5.41) is 3.43. The zero-order valence-corrected chi connectivity index (χ0v) is 14.1. The lowest BCUT2D eigenvalue weighted by Crippen LogP contribution is -2.22. The predicted octanol–water partition coefficient (Wildman–Crippen LogP) is 5.12. The second-order valence-electron chi connectivity index (χ2n) is 4.50. The largest absolute Gasteiger partial charge is 0.435 e. The Morgan fingerprint density at radius 2 is 1.95 bits per heavy atom. The van der Waals surface area contributed by atoms with E-state index in [4.69, 9.17) is 0 Å². The van der Waals surface area contributed by atoms with Crippen LogP contribution in [-0.4, -0.2) is 13.2 Å². The molecule has 0 spiro atoms. The van der Waals surface area contributed by atoms with Crippen molar-refractivity contribution < 1.29 is 13.5 Å². The molecule has 1 aromatic heterocycles. The molecule has 21 heavy (non-hydrogen) atoms. The summed E-state index contributed by atoms with van der Waals surface area (Å²) in [5.41, 5.74) is 2.21. The topological polar surface area (TPSA) is 21.3 Å². The maximum atomic E-state index is 12.2. The fourth-order valence-corrected chi connectivity index (χ4v) is 3.95. The van der Waals surface area contributed by atoms with Crippen molar-refractivity contribution in [2.75, 3.05) is 6.54 Å². The molecule has 0 aliphatic carbocycles. The van der Waals surface area contributed by atoms with E-state index in [1.54, 1.807) is 23.5 Å². The SMILES string of the molecule is CCNC(c1ccc(OC(F)F)cc1)c1cc(Br)sc1C. The molecule has 1 aromatic carbocycles. The molecule has 1 N–H and O–H groups in total. The van der Waals surface area contributed by atoms with E-state index in [0.717, 1.165) is 15.9 Å². The minimum Gasteiger partial charge on any atom is -0.435 e. The third-order valence-corrected chi connectivity index (χ3v) is 4.65. The van der Waals surface area contributed by atoms with Crippen LogP contribution in [0.1, 0.15) is 29.0 Å². The smallest absolute Gasteiger partial charge is 0.387 e. The zero-order valence-electron chi connectivity index (χ0n) is 11.7. The van der Waals surface area contributed by atoms with E-state index in [1.807, 2.05) is 19.1 Å². The fourth-order valence-electron chi connectivity index (χ4n) is 2.20. The zero-order chi connectivity index (χ0) is 15.4. The normalized spacial score (nSPS) is 12.7. The number of rotatable bonds is 6. The van der Waals surface area contributed by atoms with Gasteiger partial charge in [0.05, 0.1) is 9.83 Å². The summed E-state index contributed by atoms with van der Waals surface area (Å²) in [7, 11) is 0. The van der Waals surface area contributed by atoms with Crippen LogP contribution in [0.3, 0.4) is 0 Å². The molecule has 0 amide bonds. The number of aryl methyl sites for hydroxylation is 1. The molecule has 0 aliphatic rings. The van der Waals surface area contributed by atoms with Crippen LogP contribution in [0.25, 0.3) is 0 Å². The second kappa shape index (κ2) is 7.33. The number of hydrogen-bond acceptors (Lipinski definition) is 3. The first-order chi connectivity index (χ1) is 10.0. The van der Waals surface area contributed by atoms with Crippen molar-refractivity contribution in [3.8, 4) is 5.75 Å². The number of thiophene rings is 1. The molecule has 0 fully saturated rings. The van der Waals surface area contributed by atoms with Gasteiger partial charge in [0.2, 0.25) is 0 Å². The van der Waals surface area contributed by atoms with Crippen molar-refractivity contribution in [2.24, 2.45) is 0 Å². The Morgan fingerprint density at radius 3 is 2.43 bits per heavy atom. The molecule has 6 heteroatoms. The number of alkyl halides is 2. The van der Waals surface area contributed by atoms with Crippen molar-refractivity contribution in [1.82, 2.24) is 5.32 Å². The lowest BCUT2D eigenvalue weighted by atomic mass is 9.99. The summed E-state index contributed by atoms with van der Waals surface area (Å²) in [4.78, 5) is 1.22. The Morgan fingerprint density at radius 1 is 1.29 bits per heavy atom. The highest BCUT2D eigenvalue weighted by atomic mass is 79.9. The van der Waals surface area contributed by atoms with E-state index >= 15 is 0 Å². The molecule has 1 heterocycles. The van der Waals surface area contributed by atoms with Gasteiger partial charge in [-0.05, 0) is 58.7 Å². The van der Waals surface area contributed by atoms with Crippen molar-refractivity contribution in [3.63, 3.8) is 0 Å². The first-order valence-corrected chi connectivity index (χ1v) is 8.16. The van der Waals surface area contributed by atoms with Gasteiger partial charge >= 0.3 is 6.61 Å². The van der Waals surface area contributed by atoms with Crippen molar-refractivity contribution in [1.29, 1.82) is 0 Å². The van der Waals surface area contributed by atoms with Gasteiger partial charge in [-0.3, -0.25) is 0 Å². The standard InChI is InChI=1S/C15H16BrF2NOS/c1-3-19-14(12-8-13(16)21-9(12)2)10-4-6-11(7-5-10)20-15(17)18/h4-8,14-15,19H,3H2,1-2H3. The number of nitrogens with one attached hydrogen (secondary N) is 1. The highest BCUT2D eigenvalue weighted by Crippen LogP contribution is 2.34. The monoisotopic (exact) mass is 375 g/mol. The highest BCUT2D eigenvalue weighted by Gasteiger charge is 2.17. The van der Waals surface area contributed by atoms with Crippen LogP contribution in [0.4, 0.5) is 8.78 Å². The Hall–Kier alpha value is -0.980. The third kappa shape index (κ3) is 4.25. The minimum absolute atomic E-state index is 0.0400. The van der Waals surface area contributed by atoms with E-state index in [9.17, 15) is 8.78 Å². The van der Waals surface area contributed by atoms with Crippen molar-refractivity contribution in [2.45, 2.75) is 26.5 Å². The lowest BCUT2D eigenvalue weighted by Gasteiger charge is -2.19. The van der Waals surface area contributed by atoms with Crippen LogP contribution in [0.15, 0.2) is 34.1 Å². The van der Waals surface area contributed by atoms with Gasteiger partial charge in [0.25, 0.3) is 0 Å². The Labute approximate surface area is 135 Å². The predicted molar refractivity (Wildman–Crippen MR) is 85.3 cm³/mol. The third-order valence-electron chi connectivity index (χ3n) is 3.08. The quantitative estimate of drug-likeness (QED) is 0.756. The lowest BCUT2D eigenvalue weighted by molar-refractivity contribution is -0.0498. The summed E-state index contributed by atoms with van der Waals surface area (Å²) in [6.07, 6.45) is 0. The van der Waals surface area contributed by atoms with Gasteiger partial charge in [-0.1, -0.05) is 19.1 Å². The second-order valence-corrected chi connectivity index (χ2v) is 7.14. The number of ether oxygens (including phenoxy) is 1. The Bertz CT molecular complexity index is 586. The molecule has 0 aliphatic heterocycles. The van der Waals surface area contributed by atoms with Gasteiger partial charge < -0.3 is 10.1 Å². The molecule has 0 saturated heterocycles. The van der Waals surface area contributed by atoms with Gasteiger partial charge in [0.1, 0.15) is 5.75 Å². The van der Waals surface area contributed by atoms with E-state index in [2.05, 4.69) is 39.0 Å². The van der Waals surface area contributed by atoms with Crippen LogP contribution in [0.5, 0.6) is 5.75 Å².